The van der Waals surface area contributed by atoms with Crippen molar-refractivity contribution < 1.29 is 4.79 Å². The number of amides is 1. The van der Waals surface area contributed by atoms with Gasteiger partial charge < -0.3 is 5.32 Å². The molecule has 0 spiro atoms. The van der Waals surface area contributed by atoms with Crippen molar-refractivity contribution in [2.24, 2.45) is 5.41 Å². The molecule has 1 amide bonds. The van der Waals surface area contributed by atoms with E-state index in [1.165, 1.54) is 32.1 Å². The zero-order valence-electron chi connectivity index (χ0n) is 10.9. The fourth-order valence-corrected chi connectivity index (χ4v) is 1.37. The standard InChI is InChI=1S/C13H27NO/c1-5-6-7-8-9-10-11-14-12(15)13(2,3)4/h5-11H2,1-4H3,(H,14,15). The van der Waals surface area contributed by atoms with Gasteiger partial charge >= 0.3 is 0 Å². The third kappa shape index (κ3) is 8.46. The maximum atomic E-state index is 11.5. The van der Waals surface area contributed by atoms with Gasteiger partial charge in [0.05, 0.1) is 0 Å². The lowest BCUT2D eigenvalue weighted by Gasteiger charge is -2.17. The van der Waals surface area contributed by atoms with Gasteiger partial charge in [0, 0.05) is 12.0 Å². The monoisotopic (exact) mass is 213 g/mol. The fourth-order valence-electron chi connectivity index (χ4n) is 1.37. The van der Waals surface area contributed by atoms with Gasteiger partial charge in [0.15, 0.2) is 0 Å². The lowest BCUT2D eigenvalue weighted by Crippen LogP contribution is -2.35. The largest absolute Gasteiger partial charge is 0.356 e. The molecule has 0 aliphatic rings. The van der Waals surface area contributed by atoms with E-state index in [9.17, 15) is 4.79 Å². The Morgan fingerprint density at radius 2 is 1.53 bits per heavy atom. The maximum Gasteiger partial charge on any atom is 0.225 e. The molecule has 0 saturated carbocycles. The van der Waals surface area contributed by atoms with Crippen molar-refractivity contribution in [3.8, 4) is 0 Å². The molecule has 0 fully saturated rings. The molecule has 0 aromatic rings. The summed E-state index contributed by atoms with van der Waals surface area (Å²) in [5.74, 6) is 0.163. The summed E-state index contributed by atoms with van der Waals surface area (Å²) in [5, 5.41) is 2.97. The number of hydrogen-bond acceptors (Lipinski definition) is 1. The molecule has 0 saturated heterocycles. The van der Waals surface area contributed by atoms with Gasteiger partial charge in [0.2, 0.25) is 5.91 Å². The molecule has 0 atom stereocenters. The highest BCUT2D eigenvalue weighted by atomic mass is 16.2. The fraction of sp³-hybridized carbons (Fsp3) is 0.923. The van der Waals surface area contributed by atoms with Crippen LogP contribution in [0.25, 0.3) is 0 Å². The predicted octanol–water partition coefficient (Wildman–Crippen LogP) is 3.51. The van der Waals surface area contributed by atoms with Crippen LogP contribution in [0.15, 0.2) is 0 Å². The van der Waals surface area contributed by atoms with E-state index < -0.39 is 0 Å². The van der Waals surface area contributed by atoms with Crippen LogP contribution in [0.3, 0.4) is 0 Å². The number of carbonyl (C=O) groups excluding carboxylic acids is 1. The normalized spacial score (nSPS) is 11.5. The molecule has 0 radical (unpaired) electrons. The van der Waals surface area contributed by atoms with E-state index in [-0.39, 0.29) is 11.3 Å². The number of hydrogen-bond donors (Lipinski definition) is 1. The van der Waals surface area contributed by atoms with E-state index in [0.29, 0.717) is 0 Å². The van der Waals surface area contributed by atoms with Crippen molar-refractivity contribution in [3.05, 3.63) is 0 Å². The second kappa shape index (κ2) is 7.72. The van der Waals surface area contributed by atoms with Crippen molar-refractivity contribution in [2.75, 3.05) is 6.54 Å². The first kappa shape index (κ1) is 14.5. The Labute approximate surface area is 94.8 Å². The summed E-state index contributed by atoms with van der Waals surface area (Å²) >= 11 is 0. The van der Waals surface area contributed by atoms with Crippen molar-refractivity contribution in [1.29, 1.82) is 0 Å². The van der Waals surface area contributed by atoms with Crippen LogP contribution in [0, 0.1) is 5.41 Å². The van der Waals surface area contributed by atoms with Crippen LogP contribution in [-0.2, 0) is 4.79 Å². The number of rotatable bonds is 7. The molecule has 2 heteroatoms. The zero-order chi connectivity index (χ0) is 11.7. The molecule has 0 unspecified atom stereocenters. The molecule has 0 bridgehead atoms. The third-order valence-corrected chi connectivity index (χ3v) is 2.50. The Kier molecular flexibility index (Phi) is 7.45. The van der Waals surface area contributed by atoms with Crippen LogP contribution in [0.1, 0.15) is 66.2 Å². The molecule has 0 rings (SSSR count). The van der Waals surface area contributed by atoms with Crippen LogP contribution < -0.4 is 5.32 Å². The van der Waals surface area contributed by atoms with Gasteiger partial charge in [-0.1, -0.05) is 59.8 Å². The van der Waals surface area contributed by atoms with Crippen LogP contribution >= 0.6 is 0 Å². The molecule has 2 nitrogen and oxygen atoms in total. The minimum atomic E-state index is -0.248. The summed E-state index contributed by atoms with van der Waals surface area (Å²) in [7, 11) is 0. The van der Waals surface area contributed by atoms with E-state index in [1.807, 2.05) is 20.8 Å². The van der Waals surface area contributed by atoms with Crippen LogP contribution in [0.4, 0.5) is 0 Å². The first-order valence-corrected chi connectivity index (χ1v) is 6.26. The summed E-state index contributed by atoms with van der Waals surface area (Å²) in [6.45, 7) is 8.91. The molecule has 90 valence electrons. The Bertz CT molecular complexity index is 170. The molecule has 0 heterocycles. The van der Waals surface area contributed by atoms with Gasteiger partial charge in [-0.15, -0.1) is 0 Å². The van der Waals surface area contributed by atoms with Crippen molar-refractivity contribution in [3.63, 3.8) is 0 Å². The second-order valence-corrected chi connectivity index (χ2v) is 5.27. The molecular formula is C13H27NO. The van der Waals surface area contributed by atoms with E-state index in [4.69, 9.17) is 0 Å². The average Bonchev–Trinajstić information content (AvgIpc) is 2.14. The van der Waals surface area contributed by atoms with Gasteiger partial charge in [0.25, 0.3) is 0 Å². The number of carbonyl (C=O) groups is 1. The van der Waals surface area contributed by atoms with Gasteiger partial charge in [-0.3, -0.25) is 4.79 Å². The van der Waals surface area contributed by atoms with Gasteiger partial charge in [-0.05, 0) is 6.42 Å². The SMILES string of the molecule is CCCCCCCCNC(=O)C(C)(C)C. The summed E-state index contributed by atoms with van der Waals surface area (Å²) in [4.78, 5) is 11.5. The highest BCUT2D eigenvalue weighted by Gasteiger charge is 2.19. The smallest absolute Gasteiger partial charge is 0.225 e. The van der Waals surface area contributed by atoms with Crippen LogP contribution in [0.5, 0.6) is 0 Å². The van der Waals surface area contributed by atoms with E-state index in [0.717, 1.165) is 13.0 Å². The Morgan fingerprint density at radius 1 is 1.00 bits per heavy atom. The topological polar surface area (TPSA) is 29.1 Å². The van der Waals surface area contributed by atoms with Crippen LogP contribution in [0.2, 0.25) is 0 Å². The molecule has 0 aromatic carbocycles. The summed E-state index contributed by atoms with van der Waals surface area (Å²) < 4.78 is 0. The molecule has 0 aromatic heterocycles. The first-order valence-electron chi connectivity index (χ1n) is 6.26. The van der Waals surface area contributed by atoms with Crippen LogP contribution in [-0.4, -0.2) is 12.5 Å². The van der Waals surface area contributed by atoms with Crippen molar-refractivity contribution in [1.82, 2.24) is 5.32 Å². The molecule has 0 aliphatic heterocycles. The summed E-state index contributed by atoms with van der Waals surface area (Å²) in [6.07, 6.45) is 7.63. The van der Waals surface area contributed by atoms with E-state index in [2.05, 4.69) is 12.2 Å². The zero-order valence-corrected chi connectivity index (χ0v) is 10.9. The second-order valence-electron chi connectivity index (χ2n) is 5.27. The highest BCUT2D eigenvalue weighted by molar-refractivity contribution is 5.81. The molecule has 0 aliphatic carbocycles. The summed E-state index contributed by atoms with van der Waals surface area (Å²) in [6, 6.07) is 0. The van der Waals surface area contributed by atoms with Crippen molar-refractivity contribution in [2.45, 2.75) is 66.2 Å². The minimum Gasteiger partial charge on any atom is -0.356 e. The average molecular weight is 213 g/mol. The Balaban J connectivity index is 3.28. The first-order chi connectivity index (χ1) is 6.98. The number of unbranched alkanes of at least 4 members (excludes halogenated alkanes) is 5. The Morgan fingerprint density at radius 3 is 2.07 bits per heavy atom. The third-order valence-electron chi connectivity index (χ3n) is 2.50. The van der Waals surface area contributed by atoms with Gasteiger partial charge in [-0.25, -0.2) is 0 Å². The lowest BCUT2D eigenvalue weighted by molar-refractivity contribution is -0.128. The quantitative estimate of drug-likeness (QED) is 0.644. The van der Waals surface area contributed by atoms with E-state index in [1.54, 1.807) is 0 Å². The minimum absolute atomic E-state index is 0.163. The molecular weight excluding hydrogens is 186 g/mol. The summed E-state index contributed by atoms with van der Waals surface area (Å²) in [5.41, 5.74) is -0.248. The number of nitrogens with one attached hydrogen (secondary N) is 1. The lowest BCUT2D eigenvalue weighted by atomic mass is 9.96. The predicted molar refractivity (Wildman–Crippen MR) is 65.8 cm³/mol. The molecule has 1 N–H and O–H groups in total. The Hall–Kier alpha value is -0.530. The van der Waals surface area contributed by atoms with E-state index >= 15 is 0 Å². The van der Waals surface area contributed by atoms with Gasteiger partial charge in [-0.2, -0.15) is 0 Å². The maximum absolute atomic E-state index is 11.5. The van der Waals surface area contributed by atoms with Gasteiger partial charge in [0.1, 0.15) is 0 Å². The molecule has 15 heavy (non-hydrogen) atoms. The highest BCUT2D eigenvalue weighted by Crippen LogP contribution is 2.12. The van der Waals surface area contributed by atoms with Crippen molar-refractivity contribution >= 4 is 5.91 Å².